The minimum atomic E-state index is -1.00. The van der Waals surface area contributed by atoms with Gasteiger partial charge in [0.05, 0.1) is 29.8 Å². The lowest BCUT2D eigenvalue weighted by molar-refractivity contribution is -0.132. The van der Waals surface area contributed by atoms with E-state index < -0.39 is 17.7 Å². The van der Waals surface area contributed by atoms with E-state index >= 15 is 0 Å². The number of rotatable bonds is 8. The number of aliphatic hydroxyl groups excluding tert-OH is 1. The third-order valence-electron chi connectivity index (χ3n) is 5.53. The Kier molecular flexibility index (Phi) is 7.42. The van der Waals surface area contributed by atoms with Gasteiger partial charge in [0.1, 0.15) is 11.5 Å². The Labute approximate surface area is 214 Å². The molecule has 8 nitrogen and oxygen atoms in total. The fraction of sp³-hybridized carbons (Fsp3) is 0.240. The smallest absolute Gasteiger partial charge is 0.301 e. The molecule has 0 bridgehead atoms. The second-order valence-corrected chi connectivity index (χ2v) is 9.49. The molecule has 0 spiro atoms. The molecule has 0 radical (unpaired) electrons. The quantitative estimate of drug-likeness (QED) is 0.164. The summed E-state index contributed by atoms with van der Waals surface area (Å²) in [6, 6.07) is 8.84. The predicted molar refractivity (Wildman–Crippen MR) is 136 cm³/mol. The third-order valence-corrected chi connectivity index (χ3v) is 6.91. The standard InChI is InChI=1S/C25H23BrN2O6S/c1-3-4-9-34-16-7-5-6-14(11-16)21(29)19-20(15-12-17(26)22(30)18(13-15)33-2)28(24(32)23(19)31)25-27-8-10-35-25/h5-8,10-13,20,29-30H,3-4,9H2,1-2H3. The minimum Gasteiger partial charge on any atom is -0.507 e. The molecule has 1 aliphatic rings. The Hall–Kier alpha value is -3.37. The number of phenols is 1. The number of hydrogen-bond acceptors (Lipinski definition) is 8. The molecule has 2 heterocycles. The Morgan fingerprint density at radius 1 is 1.26 bits per heavy atom. The van der Waals surface area contributed by atoms with Gasteiger partial charge in [-0.05, 0) is 52.2 Å². The van der Waals surface area contributed by atoms with Crippen LogP contribution < -0.4 is 14.4 Å². The molecule has 1 fully saturated rings. The van der Waals surface area contributed by atoms with Gasteiger partial charge in [-0.25, -0.2) is 4.98 Å². The molecule has 35 heavy (non-hydrogen) atoms. The van der Waals surface area contributed by atoms with Gasteiger partial charge < -0.3 is 19.7 Å². The SMILES string of the molecule is CCCCOc1cccc(C(O)=C2C(=O)C(=O)N(c3nccs3)C2c2cc(Br)c(O)c(OC)c2)c1. The van der Waals surface area contributed by atoms with Crippen LogP contribution in [0.15, 0.2) is 58.0 Å². The highest BCUT2D eigenvalue weighted by molar-refractivity contribution is 9.10. The van der Waals surface area contributed by atoms with Crippen molar-refractivity contribution < 1.29 is 29.3 Å². The monoisotopic (exact) mass is 558 g/mol. The fourth-order valence-electron chi connectivity index (χ4n) is 3.81. The number of aromatic nitrogens is 1. The number of anilines is 1. The van der Waals surface area contributed by atoms with Crippen molar-refractivity contribution in [1.29, 1.82) is 0 Å². The van der Waals surface area contributed by atoms with Crippen LogP contribution in [0.5, 0.6) is 17.2 Å². The van der Waals surface area contributed by atoms with Crippen molar-refractivity contribution in [1.82, 2.24) is 4.98 Å². The molecule has 1 unspecified atom stereocenters. The molecule has 1 atom stereocenters. The van der Waals surface area contributed by atoms with Crippen LogP contribution in [0.25, 0.3) is 5.76 Å². The Bertz CT molecular complexity index is 1290. The summed E-state index contributed by atoms with van der Waals surface area (Å²) in [5, 5.41) is 23.6. The number of nitrogens with zero attached hydrogens (tertiary/aromatic N) is 2. The molecule has 2 aromatic carbocycles. The van der Waals surface area contributed by atoms with Crippen molar-refractivity contribution in [2.45, 2.75) is 25.8 Å². The molecule has 1 aromatic heterocycles. The zero-order valence-corrected chi connectivity index (χ0v) is 21.4. The Morgan fingerprint density at radius 3 is 2.74 bits per heavy atom. The van der Waals surface area contributed by atoms with Gasteiger partial charge in [-0.1, -0.05) is 25.5 Å². The lowest BCUT2D eigenvalue weighted by Gasteiger charge is -2.24. The first-order valence-electron chi connectivity index (χ1n) is 10.9. The van der Waals surface area contributed by atoms with E-state index in [0.717, 1.165) is 12.8 Å². The number of thiazole rings is 1. The first kappa shape index (κ1) is 24.7. The van der Waals surface area contributed by atoms with Crippen molar-refractivity contribution >= 4 is 49.8 Å². The van der Waals surface area contributed by atoms with Crippen molar-refractivity contribution in [3.63, 3.8) is 0 Å². The van der Waals surface area contributed by atoms with Gasteiger partial charge in [-0.15, -0.1) is 11.3 Å². The highest BCUT2D eigenvalue weighted by atomic mass is 79.9. The number of carbonyl (C=O) groups excluding carboxylic acids is 2. The van der Waals surface area contributed by atoms with Crippen LogP contribution in [-0.4, -0.2) is 40.6 Å². The summed E-state index contributed by atoms with van der Waals surface area (Å²) in [6.07, 6.45) is 3.39. The maximum atomic E-state index is 13.3. The summed E-state index contributed by atoms with van der Waals surface area (Å²) in [7, 11) is 1.40. The summed E-state index contributed by atoms with van der Waals surface area (Å²) >= 11 is 4.49. The van der Waals surface area contributed by atoms with Gasteiger partial charge in [0.2, 0.25) is 0 Å². The average molecular weight is 559 g/mol. The number of unbranched alkanes of at least 4 members (excludes halogenated alkanes) is 1. The van der Waals surface area contributed by atoms with Crippen LogP contribution in [0.3, 0.4) is 0 Å². The van der Waals surface area contributed by atoms with Crippen LogP contribution >= 0.6 is 27.3 Å². The van der Waals surface area contributed by atoms with Crippen LogP contribution in [0, 0.1) is 0 Å². The topological polar surface area (TPSA) is 109 Å². The number of hydrogen-bond donors (Lipinski definition) is 2. The van der Waals surface area contributed by atoms with E-state index in [4.69, 9.17) is 9.47 Å². The first-order chi connectivity index (χ1) is 16.9. The zero-order chi connectivity index (χ0) is 25.1. The number of benzene rings is 2. The number of aromatic hydroxyl groups is 1. The zero-order valence-electron chi connectivity index (χ0n) is 19.0. The van der Waals surface area contributed by atoms with Crippen molar-refractivity contribution in [3.05, 3.63) is 69.1 Å². The van der Waals surface area contributed by atoms with E-state index in [1.807, 2.05) is 0 Å². The minimum absolute atomic E-state index is 0.101. The summed E-state index contributed by atoms with van der Waals surface area (Å²) in [5.41, 5.74) is 0.680. The fourth-order valence-corrected chi connectivity index (χ4v) is 4.94. The molecule has 10 heteroatoms. The van der Waals surface area contributed by atoms with E-state index in [1.54, 1.807) is 35.7 Å². The summed E-state index contributed by atoms with van der Waals surface area (Å²) in [6.45, 7) is 2.58. The highest BCUT2D eigenvalue weighted by Gasteiger charge is 2.48. The van der Waals surface area contributed by atoms with Gasteiger partial charge in [-0.3, -0.25) is 14.5 Å². The Morgan fingerprint density at radius 2 is 2.06 bits per heavy atom. The number of ether oxygens (including phenoxy) is 2. The maximum absolute atomic E-state index is 13.3. The first-order valence-corrected chi connectivity index (χ1v) is 12.5. The molecule has 1 aliphatic heterocycles. The van der Waals surface area contributed by atoms with E-state index in [9.17, 15) is 19.8 Å². The van der Waals surface area contributed by atoms with Gasteiger partial charge in [0.15, 0.2) is 16.6 Å². The summed E-state index contributed by atoms with van der Waals surface area (Å²) in [5.74, 6) is -1.43. The van der Waals surface area contributed by atoms with Gasteiger partial charge in [0, 0.05) is 17.1 Å². The summed E-state index contributed by atoms with van der Waals surface area (Å²) < 4.78 is 11.3. The highest BCUT2D eigenvalue weighted by Crippen LogP contribution is 2.46. The van der Waals surface area contributed by atoms with Crippen LogP contribution in [-0.2, 0) is 9.59 Å². The number of halogens is 1. The van der Waals surface area contributed by atoms with E-state index in [-0.39, 0.29) is 22.8 Å². The predicted octanol–water partition coefficient (Wildman–Crippen LogP) is 5.43. The molecule has 1 saturated heterocycles. The maximum Gasteiger partial charge on any atom is 0.301 e. The number of ketones is 1. The van der Waals surface area contributed by atoms with E-state index in [1.165, 1.54) is 35.6 Å². The average Bonchev–Trinajstić information content (AvgIpc) is 3.47. The van der Waals surface area contributed by atoms with Crippen molar-refractivity contribution in [3.8, 4) is 17.2 Å². The van der Waals surface area contributed by atoms with E-state index in [2.05, 4.69) is 27.8 Å². The third kappa shape index (κ3) is 4.76. The number of amides is 1. The molecule has 0 aliphatic carbocycles. The molecule has 2 N–H and O–H groups in total. The number of carbonyl (C=O) groups is 2. The molecule has 4 rings (SSSR count). The second kappa shape index (κ2) is 10.5. The van der Waals surface area contributed by atoms with Crippen molar-refractivity contribution in [2.75, 3.05) is 18.6 Å². The van der Waals surface area contributed by atoms with Crippen LogP contribution in [0.4, 0.5) is 5.13 Å². The number of Topliss-reactive ketones (excluding diaryl/α,β-unsaturated/α-hetero) is 1. The molecule has 182 valence electrons. The van der Waals surface area contributed by atoms with Crippen molar-refractivity contribution in [2.24, 2.45) is 0 Å². The molecule has 0 saturated carbocycles. The number of aliphatic hydroxyl groups is 1. The van der Waals surface area contributed by atoms with Gasteiger partial charge >= 0.3 is 5.91 Å². The largest absolute Gasteiger partial charge is 0.507 e. The molecular formula is C25H23BrN2O6S. The normalized spacial score (nSPS) is 17.1. The number of phenolic OH excluding ortho intramolecular Hbond substituents is 1. The molecular weight excluding hydrogens is 536 g/mol. The Balaban J connectivity index is 1.88. The van der Waals surface area contributed by atoms with Gasteiger partial charge in [-0.2, -0.15) is 0 Å². The second-order valence-electron chi connectivity index (χ2n) is 7.77. The van der Waals surface area contributed by atoms with E-state index in [0.29, 0.717) is 33.1 Å². The lowest BCUT2D eigenvalue weighted by atomic mass is 9.95. The summed E-state index contributed by atoms with van der Waals surface area (Å²) in [4.78, 5) is 31.9. The van der Waals surface area contributed by atoms with Gasteiger partial charge in [0.25, 0.3) is 5.78 Å². The lowest BCUT2D eigenvalue weighted by Crippen LogP contribution is -2.29. The number of methoxy groups -OCH3 is 1. The van der Waals surface area contributed by atoms with Crippen LogP contribution in [0.2, 0.25) is 0 Å². The molecule has 1 amide bonds. The van der Waals surface area contributed by atoms with Crippen LogP contribution in [0.1, 0.15) is 36.9 Å². The molecule has 3 aromatic rings.